The summed E-state index contributed by atoms with van der Waals surface area (Å²) < 4.78 is 5.26. The van der Waals surface area contributed by atoms with Gasteiger partial charge >= 0.3 is 0 Å². The summed E-state index contributed by atoms with van der Waals surface area (Å²) in [6, 6.07) is 12.5. The van der Waals surface area contributed by atoms with Crippen molar-refractivity contribution in [1.29, 1.82) is 0 Å². The van der Waals surface area contributed by atoms with Crippen LogP contribution in [0.25, 0.3) is 0 Å². The van der Waals surface area contributed by atoms with E-state index in [9.17, 15) is 9.59 Å². The molecule has 0 spiro atoms. The van der Waals surface area contributed by atoms with E-state index in [0.29, 0.717) is 35.0 Å². The van der Waals surface area contributed by atoms with Crippen LogP contribution in [0.1, 0.15) is 15.9 Å². The summed E-state index contributed by atoms with van der Waals surface area (Å²) in [5, 5.41) is 6.23. The zero-order valence-electron chi connectivity index (χ0n) is 12.3. The van der Waals surface area contributed by atoms with E-state index in [1.807, 2.05) is 24.3 Å². The molecule has 2 amide bonds. The fraction of sp³-hybridized carbons (Fsp3) is 0.176. The minimum atomic E-state index is -0.224. The summed E-state index contributed by atoms with van der Waals surface area (Å²) in [7, 11) is 0. The van der Waals surface area contributed by atoms with Crippen LogP contribution in [0.2, 0.25) is 5.02 Å². The first-order valence-electron chi connectivity index (χ1n) is 7.21. The summed E-state index contributed by atoms with van der Waals surface area (Å²) in [5.74, 6) is 0.154. The van der Waals surface area contributed by atoms with E-state index in [2.05, 4.69) is 10.6 Å². The zero-order chi connectivity index (χ0) is 16.2. The number of fused-ring (bicyclic) bond motifs is 1. The van der Waals surface area contributed by atoms with Gasteiger partial charge in [0.05, 0.1) is 5.69 Å². The van der Waals surface area contributed by atoms with E-state index in [1.54, 1.807) is 18.2 Å². The number of rotatable bonds is 4. The van der Waals surface area contributed by atoms with E-state index in [-0.39, 0.29) is 18.4 Å². The lowest BCUT2D eigenvalue weighted by Crippen LogP contribution is -2.28. The number of amides is 2. The standard InChI is InChI=1S/C17H15ClN2O3/c18-13-4-1-11(2-5-13)7-8-19-17(22)12-3-6-15-14(9-12)20-16(21)10-23-15/h1-6,9H,7-8,10H2,(H,19,22)(H,20,21). The summed E-state index contributed by atoms with van der Waals surface area (Å²) >= 11 is 5.83. The van der Waals surface area contributed by atoms with Gasteiger partial charge in [0.15, 0.2) is 6.61 Å². The normalized spacial score (nSPS) is 12.8. The smallest absolute Gasteiger partial charge is 0.262 e. The van der Waals surface area contributed by atoms with Gasteiger partial charge in [-0.05, 0) is 42.3 Å². The lowest BCUT2D eigenvalue weighted by atomic mass is 10.1. The fourth-order valence-corrected chi connectivity index (χ4v) is 2.42. The molecular formula is C17H15ClN2O3. The molecule has 6 heteroatoms. The molecule has 118 valence electrons. The minimum Gasteiger partial charge on any atom is -0.482 e. The van der Waals surface area contributed by atoms with Crippen molar-refractivity contribution < 1.29 is 14.3 Å². The zero-order valence-corrected chi connectivity index (χ0v) is 13.0. The molecular weight excluding hydrogens is 316 g/mol. The molecule has 2 N–H and O–H groups in total. The second kappa shape index (κ2) is 6.71. The van der Waals surface area contributed by atoms with Crippen molar-refractivity contribution in [3.05, 3.63) is 58.6 Å². The third-order valence-corrected chi connectivity index (χ3v) is 3.74. The van der Waals surface area contributed by atoms with Crippen molar-refractivity contribution in [2.75, 3.05) is 18.5 Å². The van der Waals surface area contributed by atoms with Gasteiger partial charge in [-0.25, -0.2) is 0 Å². The maximum atomic E-state index is 12.2. The second-order valence-electron chi connectivity index (χ2n) is 5.18. The molecule has 0 aromatic heterocycles. The van der Waals surface area contributed by atoms with Gasteiger partial charge in [-0.2, -0.15) is 0 Å². The van der Waals surface area contributed by atoms with E-state index in [0.717, 1.165) is 5.56 Å². The van der Waals surface area contributed by atoms with E-state index in [1.165, 1.54) is 0 Å². The molecule has 23 heavy (non-hydrogen) atoms. The van der Waals surface area contributed by atoms with Crippen molar-refractivity contribution in [3.8, 4) is 5.75 Å². The largest absolute Gasteiger partial charge is 0.482 e. The van der Waals surface area contributed by atoms with Crippen LogP contribution < -0.4 is 15.4 Å². The molecule has 0 radical (unpaired) electrons. The van der Waals surface area contributed by atoms with E-state index in [4.69, 9.17) is 16.3 Å². The predicted molar refractivity (Wildman–Crippen MR) is 88.1 cm³/mol. The molecule has 0 fully saturated rings. The van der Waals surface area contributed by atoms with Gasteiger partial charge in [0.25, 0.3) is 11.8 Å². The molecule has 3 rings (SSSR count). The maximum absolute atomic E-state index is 12.2. The lowest BCUT2D eigenvalue weighted by Gasteiger charge is -2.18. The summed E-state index contributed by atoms with van der Waals surface area (Å²) in [6.45, 7) is 0.514. The molecule has 2 aromatic carbocycles. The molecule has 0 aliphatic carbocycles. The molecule has 1 heterocycles. The second-order valence-corrected chi connectivity index (χ2v) is 5.62. The van der Waals surface area contributed by atoms with Crippen molar-refractivity contribution in [2.45, 2.75) is 6.42 Å². The summed E-state index contributed by atoms with van der Waals surface area (Å²) in [6.07, 6.45) is 0.716. The Morgan fingerprint density at radius 1 is 1.22 bits per heavy atom. The predicted octanol–water partition coefficient (Wildman–Crippen LogP) is 2.64. The number of hydrogen-bond donors (Lipinski definition) is 2. The Morgan fingerprint density at radius 2 is 2.00 bits per heavy atom. The quantitative estimate of drug-likeness (QED) is 0.905. The van der Waals surface area contributed by atoms with Crippen LogP contribution in [0.4, 0.5) is 5.69 Å². The van der Waals surface area contributed by atoms with Gasteiger partial charge in [-0.1, -0.05) is 23.7 Å². The molecule has 0 saturated heterocycles. The molecule has 1 aliphatic heterocycles. The molecule has 0 unspecified atom stereocenters. The number of carbonyl (C=O) groups excluding carboxylic acids is 2. The van der Waals surface area contributed by atoms with Gasteiger partial charge in [-0.15, -0.1) is 0 Å². The van der Waals surface area contributed by atoms with Gasteiger partial charge < -0.3 is 15.4 Å². The third-order valence-electron chi connectivity index (χ3n) is 3.49. The van der Waals surface area contributed by atoms with Gasteiger partial charge in [0, 0.05) is 17.1 Å². The van der Waals surface area contributed by atoms with Crippen LogP contribution in [-0.4, -0.2) is 25.0 Å². The Hall–Kier alpha value is -2.53. The average Bonchev–Trinajstić information content (AvgIpc) is 2.56. The van der Waals surface area contributed by atoms with Crippen molar-refractivity contribution in [1.82, 2.24) is 5.32 Å². The highest BCUT2D eigenvalue weighted by Crippen LogP contribution is 2.28. The van der Waals surface area contributed by atoms with Crippen molar-refractivity contribution in [2.24, 2.45) is 0 Å². The average molecular weight is 331 g/mol. The molecule has 5 nitrogen and oxygen atoms in total. The Morgan fingerprint density at radius 3 is 2.78 bits per heavy atom. The molecule has 1 aliphatic rings. The van der Waals surface area contributed by atoms with Crippen LogP contribution in [0.3, 0.4) is 0 Å². The number of hydrogen-bond acceptors (Lipinski definition) is 3. The Balaban J connectivity index is 1.59. The minimum absolute atomic E-state index is 0.000362. The number of ether oxygens (including phenoxy) is 1. The van der Waals surface area contributed by atoms with E-state index >= 15 is 0 Å². The van der Waals surface area contributed by atoms with Crippen LogP contribution in [0, 0.1) is 0 Å². The van der Waals surface area contributed by atoms with Crippen molar-refractivity contribution >= 4 is 29.1 Å². The molecule has 0 atom stereocenters. The highest BCUT2D eigenvalue weighted by atomic mass is 35.5. The number of anilines is 1. The van der Waals surface area contributed by atoms with Gasteiger partial charge in [0.2, 0.25) is 0 Å². The first-order chi connectivity index (χ1) is 11.1. The number of benzene rings is 2. The van der Waals surface area contributed by atoms with Crippen LogP contribution in [0.5, 0.6) is 5.75 Å². The first kappa shape index (κ1) is 15.4. The van der Waals surface area contributed by atoms with Gasteiger partial charge in [-0.3, -0.25) is 9.59 Å². The number of halogens is 1. The molecule has 0 saturated carbocycles. The summed E-state index contributed by atoms with van der Waals surface area (Å²) in [4.78, 5) is 23.5. The Labute approximate surface area is 138 Å². The molecule has 0 bridgehead atoms. The van der Waals surface area contributed by atoms with Gasteiger partial charge in [0.1, 0.15) is 5.75 Å². The number of nitrogens with one attached hydrogen (secondary N) is 2. The lowest BCUT2D eigenvalue weighted by molar-refractivity contribution is -0.118. The Kier molecular flexibility index (Phi) is 4.48. The van der Waals surface area contributed by atoms with E-state index < -0.39 is 0 Å². The molecule has 2 aromatic rings. The topological polar surface area (TPSA) is 67.4 Å². The highest BCUT2D eigenvalue weighted by molar-refractivity contribution is 6.30. The highest BCUT2D eigenvalue weighted by Gasteiger charge is 2.17. The Bertz CT molecular complexity index is 744. The monoisotopic (exact) mass is 330 g/mol. The van der Waals surface area contributed by atoms with Crippen LogP contribution in [-0.2, 0) is 11.2 Å². The first-order valence-corrected chi connectivity index (χ1v) is 7.59. The summed E-state index contributed by atoms with van der Waals surface area (Å²) in [5.41, 5.74) is 2.10. The fourth-order valence-electron chi connectivity index (χ4n) is 2.30. The van der Waals surface area contributed by atoms with Crippen LogP contribution >= 0.6 is 11.6 Å². The number of carbonyl (C=O) groups is 2. The third kappa shape index (κ3) is 3.81. The van der Waals surface area contributed by atoms with Crippen molar-refractivity contribution in [3.63, 3.8) is 0 Å². The maximum Gasteiger partial charge on any atom is 0.262 e. The SMILES string of the molecule is O=C1COc2ccc(C(=O)NCCc3ccc(Cl)cc3)cc2N1. The van der Waals surface area contributed by atoms with Crippen LogP contribution in [0.15, 0.2) is 42.5 Å².